The number of nitrogens with zero attached hydrogens (tertiary/aromatic N) is 6. The van der Waals surface area contributed by atoms with Crippen LogP contribution in [-0.2, 0) is 49.4 Å². The smallest absolute Gasteiger partial charge is 0.252 e. The summed E-state index contributed by atoms with van der Waals surface area (Å²) in [6.45, 7) is 34.6. The summed E-state index contributed by atoms with van der Waals surface area (Å²) in [7, 11) is -9.11. The largest absolute Gasteiger partial charge is 1.00 e. The molecule has 6 bridgehead atoms. The van der Waals surface area contributed by atoms with Crippen LogP contribution in [0.3, 0.4) is 0 Å². The monoisotopic (exact) mass is 1100 g/mol. The lowest BCUT2D eigenvalue weighted by molar-refractivity contribution is -0.687. The summed E-state index contributed by atoms with van der Waals surface area (Å²) in [4.78, 5) is 0. The fourth-order valence-electron chi connectivity index (χ4n) is 7.53. The van der Waals surface area contributed by atoms with Gasteiger partial charge in [0.15, 0.2) is 0 Å². The number of halogens is 3. The van der Waals surface area contributed by atoms with Crippen molar-refractivity contribution < 1.29 is 98.0 Å². The fraction of sp³-hybridized carbons (Fsp3) is 0.700. The van der Waals surface area contributed by atoms with Gasteiger partial charge in [0.25, 0.3) is 17.5 Å². The fourth-order valence-corrected chi connectivity index (χ4v) is 34.0. The highest BCUT2D eigenvalue weighted by Crippen LogP contribution is 2.22. The molecule has 0 saturated heterocycles. The van der Waals surface area contributed by atoms with Crippen LogP contribution in [0.1, 0.15) is 17.5 Å². The van der Waals surface area contributed by atoms with Gasteiger partial charge in [-0.15, -0.1) is 0 Å². The van der Waals surface area contributed by atoms with Gasteiger partial charge in [0.05, 0.1) is 0 Å². The summed E-state index contributed by atoms with van der Waals surface area (Å²) in [6, 6.07) is 0. The molecule has 6 heterocycles. The molecule has 0 N–H and O–H groups in total. The number of fused-ring (bicyclic) bond motifs is 6. The Morgan fingerprint density at radius 3 is 0.833 bits per heavy atom. The lowest BCUT2D eigenvalue weighted by atomic mass is 10.7. The average molecular weight is 1110 g/mol. The normalized spacial score (nSPS) is 21.8. The number of hydrogen-bond acceptors (Lipinski definition) is 3. The molecule has 48 heavy (non-hydrogen) atoms. The first kappa shape index (κ1) is 47.0. The van der Waals surface area contributed by atoms with Crippen molar-refractivity contribution in [3.8, 4) is 0 Å². The van der Waals surface area contributed by atoms with Gasteiger partial charge in [-0.1, -0.05) is 0 Å². The number of imidazole rings is 3. The number of rotatable bonds is 0. The summed E-state index contributed by atoms with van der Waals surface area (Å²) in [5.74, 6) is 4.12. The third kappa shape index (κ3) is 12.8. The Hall–Kier alpha value is 1.00. The van der Waals surface area contributed by atoms with Crippen LogP contribution < -0.4 is 85.6 Å². The van der Waals surface area contributed by atoms with E-state index in [9.17, 15) is 0 Å². The molecular weight excluding hydrogens is 1040 g/mol. The van der Waals surface area contributed by atoms with Crippen LogP contribution in [-0.4, -0.2) is 63.6 Å². The van der Waals surface area contributed by atoms with Crippen LogP contribution in [0.2, 0.25) is 78.6 Å². The van der Waals surface area contributed by atoms with E-state index < -0.39 is 49.9 Å². The van der Waals surface area contributed by atoms with Crippen molar-refractivity contribution in [1.29, 1.82) is 0 Å². The van der Waals surface area contributed by atoms with E-state index >= 15 is 0 Å². The lowest BCUT2D eigenvalue weighted by Crippen LogP contribution is -3.00. The van der Waals surface area contributed by atoms with Crippen LogP contribution >= 0.6 is 0 Å². The molecule has 18 heteroatoms. The quantitative estimate of drug-likeness (QED) is 0.131. The van der Waals surface area contributed by atoms with Crippen molar-refractivity contribution in [2.24, 2.45) is 0 Å². The van der Waals surface area contributed by atoms with E-state index in [0.29, 0.717) is 0 Å². The summed E-state index contributed by atoms with van der Waals surface area (Å²) >= 11 is 0. The Bertz CT molecular complexity index is 1250. The molecule has 0 spiro atoms. The van der Waals surface area contributed by atoms with E-state index in [1.807, 2.05) is 0 Å². The minimum Gasteiger partial charge on any atom is -1.00 e. The topological polar surface area (TPSA) is 54.1 Å². The molecule has 0 aromatic carbocycles. The molecule has 3 aliphatic rings. The van der Waals surface area contributed by atoms with Gasteiger partial charge in [-0.2, -0.15) is 0 Å². The Labute approximate surface area is 349 Å². The molecule has 3 aromatic heterocycles. The Morgan fingerprint density at radius 2 is 0.625 bits per heavy atom. The molecule has 0 radical (unpaired) electrons. The lowest BCUT2D eigenvalue weighted by Gasteiger charge is -2.33. The van der Waals surface area contributed by atoms with Gasteiger partial charge in [-0.05, 0) is 78.6 Å². The molecule has 3 aromatic rings. The maximum Gasteiger partial charge on any atom is 0.252 e. The zero-order valence-corrected chi connectivity index (χ0v) is 44.7. The van der Waals surface area contributed by atoms with Gasteiger partial charge in [0, 0.05) is 20.8 Å². The first-order chi connectivity index (χ1) is 20.4. The van der Waals surface area contributed by atoms with Crippen LogP contribution in [0.25, 0.3) is 0 Å². The van der Waals surface area contributed by atoms with E-state index in [0.717, 1.165) is 37.0 Å². The molecule has 6 rings (SSSR count). The Balaban J connectivity index is 0.000000349. The second-order valence-corrected chi connectivity index (χ2v) is 42.6. The van der Waals surface area contributed by atoms with Gasteiger partial charge in [0.2, 0.25) is 49.9 Å². The van der Waals surface area contributed by atoms with Crippen molar-refractivity contribution in [1.82, 2.24) is 13.7 Å². The standard InChI is InChI=1S/3C10H21N2OSi2.3HI/c3*1-10-11-6-7-12(10)9-15(4,5)13-14(2,3)8-11;;;/h3*6-7H,8-9H2,1-5H3;3*1H/q3*+1;;;/p-3. The minimum atomic E-state index is -1.52. The molecule has 276 valence electrons. The van der Waals surface area contributed by atoms with Crippen molar-refractivity contribution in [2.75, 3.05) is 0 Å². The average Bonchev–Trinajstić information content (AvgIpc) is 3.47. The molecule has 0 fully saturated rings. The SMILES string of the molecule is Cc1n2cc[n+]1C[Si](C)(C)O[Si](C)(C)C2.Cc1n2cc[n+]1C[Si](C)(C)O[Si](C)(C)C2.Cc1n2cc[n+]1C[Si](C)(C)O[Si](C)(C)C2.[I-].[I-].[I-]. The van der Waals surface area contributed by atoms with E-state index in [4.69, 9.17) is 12.3 Å². The molecule has 0 unspecified atom stereocenters. The first-order valence-corrected chi connectivity index (χ1v) is 35.3. The zero-order chi connectivity index (χ0) is 33.8. The molecular formula is C30H63I3N6O3Si6. The molecule has 0 amide bonds. The molecule has 9 nitrogen and oxygen atoms in total. The predicted molar refractivity (Wildman–Crippen MR) is 196 cm³/mol. The highest BCUT2D eigenvalue weighted by Gasteiger charge is 2.42. The van der Waals surface area contributed by atoms with Crippen molar-refractivity contribution in [3.05, 3.63) is 54.7 Å². The van der Waals surface area contributed by atoms with Crippen LogP contribution in [0, 0.1) is 20.8 Å². The summed E-state index contributed by atoms with van der Waals surface area (Å²) in [5, 5.41) is 0. The highest BCUT2D eigenvalue weighted by atomic mass is 127. The van der Waals surface area contributed by atoms with Crippen molar-refractivity contribution in [2.45, 2.75) is 136 Å². The first-order valence-electron chi connectivity index (χ1n) is 16.6. The maximum atomic E-state index is 6.44. The zero-order valence-electron chi connectivity index (χ0n) is 32.2. The summed E-state index contributed by atoms with van der Waals surface area (Å²) in [5.41, 5.74) is 0. The predicted octanol–water partition coefficient (Wildman–Crippen LogP) is -4.18. The molecule has 0 aliphatic carbocycles. The molecule has 0 atom stereocenters. The molecule has 3 aliphatic heterocycles. The van der Waals surface area contributed by atoms with Crippen molar-refractivity contribution >= 4 is 49.9 Å². The van der Waals surface area contributed by atoms with Gasteiger partial charge >= 0.3 is 0 Å². The second kappa shape index (κ2) is 17.0. The van der Waals surface area contributed by atoms with Crippen molar-refractivity contribution in [3.63, 3.8) is 0 Å². The van der Waals surface area contributed by atoms with E-state index in [1.54, 1.807) is 0 Å². The Kier molecular flexibility index (Phi) is 16.6. The minimum absolute atomic E-state index is 0. The van der Waals surface area contributed by atoms with Gasteiger partial charge in [-0.3, -0.25) is 0 Å². The van der Waals surface area contributed by atoms with E-state index in [1.165, 1.54) is 17.5 Å². The second-order valence-electron chi connectivity index (χ2n) is 17.2. The van der Waals surface area contributed by atoms with Crippen LogP contribution in [0.5, 0.6) is 0 Å². The summed E-state index contributed by atoms with van der Waals surface area (Å²) < 4.78 is 33.4. The van der Waals surface area contributed by atoms with Gasteiger partial charge in [0.1, 0.15) is 74.2 Å². The molecule has 0 saturated carbocycles. The summed E-state index contributed by atoms with van der Waals surface area (Å²) in [6.07, 6.45) is 19.7. The number of hydrogen-bond donors (Lipinski definition) is 0. The van der Waals surface area contributed by atoms with Crippen LogP contribution in [0.15, 0.2) is 37.2 Å². The van der Waals surface area contributed by atoms with E-state index in [-0.39, 0.29) is 71.9 Å². The number of aromatic nitrogens is 6. The third-order valence-corrected chi connectivity index (χ3v) is 28.6. The van der Waals surface area contributed by atoms with Gasteiger partial charge < -0.3 is 84.3 Å². The maximum absolute atomic E-state index is 6.44. The highest BCUT2D eigenvalue weighted by molar-refractivity contribution is 6.84. The Morgan fingerprint density at radius 1 is 0.417 bits per heavy atom. The van der Waals surface area contributed by atoms with E-state index in [2.05, 4.69) is 164 Å². The van der Waals surface area contributed by atoms with Gasteiger partial charge in [-0.25, -0.2) is 27.4 Å². The third-order valence-electron chi connectivity index (χ3n) is 8.74. The van der Waals surface area contributed by atoms with Crippen LogP contribution in [0.4, 0.5) is 0 Å².